The number of halogens is 1. The van der Waals surface area contributed by atoms with E-state index in [4.69, 9.17) is 9.47 Å². The van der Waals surface area contributed by atoms with Crippen LogP contribution in [0.1, 0.15) is 25.8 Å². The van der Waals surface area contributed by atoms with Crippen LogP contribution in [0.15, 0.2) is 23.2 Å². The Kier molecular flexibility index (Phi) is 11.6. The molecule has 0 aliphatic heterocycles. The molecule has 1 unspecified atom stereocenters. The van der Waals surface area contributed by atoms with Crippen molar-refractivity contribution >= 4 is 39.8 Å². The van der Waals surface area contributed by atoms with E-state index in [1.807, 2.05) is 32.0 Å². The summed E-state index contributed by atoms with van der Waals surface area (Å²) in [6.07, 6.45) is 1.76. The highest BCUT2D eigenvalue weighted by Crippen LogP contribution is 2.30. The summed E-state index contributed by atoms with van der Waals surface area (Å²) in [6, 6.07) is 5.64. The molecule has 0 saturated carbocycles. The van der Waals surface area contributed by atoms with Gasteiger partial charge in [0.15, 0.2) is 17.5 Å². The molecular weight excluding hydrogens is 469 g/mol. The summed E-state index contributed by atoms with van der Waals surface area (Å²) in [4.78, 5) is 4.56. The van der Waals surface area contributed by atoms with Crippen molar-refractivity contribution in [2.45, 2.75) is 32.9 Å². The molecule has 0 spiro atoms. The Morgan fingerprint density at radius 3 is 2.50 bits per heavy atom. The number of hydrogen-bond acceptors (Lipinski definition) is 5. The SMILES string of the molecule is CCNC(=NCc1cccc(OC)c1OC)NC(C)CCS(C)(=O)=O.I. The number of methoxy groups -OCH3 is 2. The maximum Gasteiger partial charge on any atom is 0.191 e. The number of sulfone groups is 1. The van der Waals surface area contributed by atoms with Gasteiger partial charge in [0.25, 0.3) is 0 Å². The minimum absolute atomic E-state index is 0. The predicted molar refractivity (Wildman–Crippen MR) is 117 cm³/mol. The second-order valence-electron chi connectivity index (χ2n) is 5.81. The molecule has 0 saturated heterocycles. The normalized spacial score (nSPS) is 12.7. The van der Waals surface area contributed by atoms with E-state index in [0.29, 0.717) is 37.0 Å². The summed E-state index contributed by atoms with van der Waals surface area (Å²) < 4.78 is 33.3. The zero-order chi connectivity index (χ0) is 18.9. The Morgan fingerprint density at radius 2 is 1.96 bits per heavy atom. The molecule has 0 amide bonds. The van der Waals surface area contributed by atoms with Gasteiger partial charge in [-0.25, -0.2) is 13.4 Å². The van der Waals surface area contributed by atoms with Crippen LogP contribution in [-0.2, 0) is 16.4 Å². The van der Waals surface area contributed by atoms with Crippen LogP contribution in [0.2, 0.25) is 0 Å². The second-order valence-corrected chi connectivity index (χ2v) is 8.07. The second kappa shape index (κ2) is 12.2. The van der Waals surface area contributed by atoms with Crippen LogP contribution in [0, 0.1) is 0 Å². The van der Waals surface area contributed by atoms with Gasteiger partial charge in [-0.1, -0.05) is 12.1 Å². The molecule has 0 radical (unpaired) electrons. The van der Waals surface area contributed by atoms with Crippen LogP contribution in [0.5, 0.6) is 11.5 Å². The Morgan fingerprint density at radius 1 is 1.27 bits per heavy atom. The summed E-state index contributed by atoms with van der Waals surface area (Å²) >= 11 is 0. The van der Waals surface area contributed by atoms with E-state index in [2.05, 4.69) is 15.6 Å². The molecule has 0 fully saturated rings. The minimum Gasteiger partial charge on any atom is -0.493 e. The van der Waals surface area contributed by atoms with Crippen LogP contribution in [0.3, 0.4) is 0 Å². The number of nitrogens with zero attached hydrogens (tertiary/aromatic N) is 1. The first kappa shape index (κ1) is 24.8. The largest absolute Gasteiger partial charge is 0.493 e. The molecule has 9 heteroatoms. The predicted octanol–water partition coefficient (Wildman–Crippen LogP) is 2.20. The Bertz CT molecular complexity index is 681. The summed E-state index contributed by atoms with van der Waals surface area (Å²) in [5.41, 5.74) is 0.905. The van der Waals surface area contributed by atoms with Crippen molar-refractivity contribution in [2.24, 2.45) is 4.99 Å². The lowest BCUT2D eigenvalue weighted by molar-refractivity contribution is 0.352. The first-order valence-electron chi connectivity index (χ1n) is 8.23. The van der Waals surface area contributed by atoms with Gasteiger partial charge in [0.1, 0.15) is 9.84 Å². The summed E-state index contributed by atoms with van der Waals surface area (Å²) in [5, 5.41) is 6.39. The van der Waals surface area contributed by atoms with Gasteiger partial charge in [0, 0.05) is 24.4 Å². The van der Waals surface area contributed by atoms with E-state index in [9.17, 15) is 8.42 Å². The van der Waals surface area contributed by atoms with Gasteiger partial charge in [0.2, 0.25) is 0 Å². The van der Waals surface area contributed by atoms with Gasteiger partial charge in [-0.2, -0.15) is 0 Å². The van der Waals surface area contributed by atoms with Crippen molar-refractivity contribution < 1.29 is 17.9 Å². The fourth-order valence-corrected chi connectivity index (χ4v) is 3.04. The van der Waals surface area contributed by atoms with Crippen LogP contribution < -0.4 is 20.1 Å². The standard InChI is InChI=1S/C17H29N3O4S.HI/c1-6-18-17(20-13(2)10-11-25(5,21)22)19-12-14-8-7-9-15(23-3)16(14)24-4;/h7-9,13H,6,10-12H2,1-5H3,(H2,18,19,20);1H. The molecule has 0 heterocycles. The van der Waals surface area contributed by atoms with Crippen molar-refractivity contribution in [3.05, 3.63) is 23.8 Å². The summed E-state index contributed by atoms with van der Waals surface area (Å²) in [5.74, 6) is 2.10. The molecule has 0 bridgehead atoms. The van der Waals surface area contributed by atoms with Crippen molar-refractivity contribution in [2.75, 3.05) is 32.8 Å². The molecule has 0 aromatic heterocycles. The number of nitrogens with one attached hydrogen (secondary N) is 2. The van der Waals surface area contributed by atoms with E-state index in [1.165, 1.54) is 6.26 Å². The average molecular weight is 499 g/mol. The van der Waals surface area contributed by atoms with Crippen LogP contribution >= 0.6 is 24.0 Å². The number of rotatable bonds is 9. The van der Waals surface area contributed by atoms with Crippen LogP contribution in [0.25, 0.3) is 0 Å². The van der Waals surface area contributed by atoms with Gasteiger partial charge in [0.05, 0.1) is 26.5 Å². The number of hydrogen-bond donors (Lipinski definition) is 2. The van der Waals surface area contributed by atoms with Crippen molar-refractivity contribution in [3.63, 3.8) is 0 Å². The number of benzene rings is 1. The molecule has 150 valence electrons. The zero-order valence-electron chi connectivity index (χ0n) is 16.0. The average Bonchev–Trinajstić information content (AvgIpc) is 2.56. The third-order valence-corrected chi connectivity index (χ3v) is 4.52. The van der Waals surface area contributed by atoms with Crippen LogP contribution in [-0.4, -0.2) is 53.2 Å². The molecule has 26 heavy (non-hydrogen) atoms. The van der Waals surface area contributed by atoms with Crippen molar-refractivity contribution in [1.82, 2.24) is 10.6 Å². The lowest BCUT2D eigenvalue weighted by Gasteiger charge is -2.18. The van der Waals surface area contributed by atoms with E-state index in [1.54, 1.807) is 14.2 Å². The fourth-order valence-electron chi connectivity index (χ4n) is 2.26. The van der Waals surface area contributed by atoms with Crippen LogP contribution in [0.4, 0.5) is 0 Å². The van der Waals surface area contributed by atoms with Gasteiger partial charge in [-0.3, -0.25) is 0 Å². The van der Waals surface area contributed by atoms with E-state index >= 15 is 0 Å². The molecule has 1 aromatic carbocycles. The fraction of sp³-hybridized carbons (Fsp3) is 0.588. The van der Waals surface area contributed by atoms with Crippen molar-refractivity contribution in [3.8, 4) is 11.5 Å². The highest BCUT2D eigenvalue weighted by molar-refractivity contribution is 14.0. The van der Waals surface area contributed by atoms with E-state index in [-0.39, 0.29) is 35.8 Å². The monoisotopic (exact) mass is 499 g/mol. The molecular formula is C17H30IN3O4S. The van der Waals surface area contributed by atoms with Crippen molar-refractivity contribution in [1.29, 1.82) is 0 Å². The molecule has 0 aliphatic carbocycles. The lowest BCUT2D eigenvalue weighted by Crippen LogP contribution is -2.42. The Balaban J connectivity index is 0.00000625. The van der Waals surface area contributed by atoms with E-state index < -0.39 is 9.84 Å². The maximum atomic E-state index is 11.3. The van der Waals surface area contributed by atoms with Gasteiger partial charge < -0.3 is 20.1 Å². The van der Waals surface area contributed by atoms with Gasteiger partial charge in [-0.05, 0) is 26.3 Å². The smallest absolute Gasteiger partial charge is 0.191 e. The number of para-hydroxylation sites is 1. The Labute approximate surface area is 173 Å². The first-order valence-corrected chi connectivity index (χ1v) is 10.3. The number of ether oxygens (including phenoxy) is 2. The van der Waals surface area contributed by atoms with Gasteiger partial charge in [-0.15, -0.1) is 24.0 Å². The Hall–Kier alpha value is -1.23. The minimum atomic E-state index is -2.97. The first-order chi connectivity index (χ1) is 11.8. The number of guanidine groups is 1. The number of aliphatic imine (C=N–C) groups is 1. The zero-order valence-corrected chi connectivity index (χ0v) is 19.2. The third kappa shape index (κ3) is 8.93. The summed E-state index contributed by atoms with van der Waals surface area (Å²) in [6.45, 7) is 5.03. The molecule has 1 aromatic rings. The molecule has 2 N–H and O–H groups in total. The molecule has 7 nitrogen and oxygen atoms in total. The quantitative estimate of drug-likeness (QED) is 0.308. The topological polar surface area (TPSA) is 89.0 Å². The molecule has 1 atom stereocenters. The molecule has 1 rings (SSSR count). The summed E-state index contributed by atoms with van der Waals surface area (Å²) in [7, 11) is 0.226. The van der Waals surface area contributed by atoms with E-state index in [0.717, 1.165) is 5.56 Å². The molecule has 0 aliphatic rings. The lowest BCUT2D eigenvalue weighted by atomic mass is 10.2. The maximum absolute atomic E-state index is 11.3. The third-order valence-electron chi connectivity index (χ3n) is 3.54. The van der Waals surface area contributed by atoms with Gasteiger partial charge >= 0.3 is 0 Å². The highest BCUT2D eigenvalue weighted by atomic mass is 127. The highest BCUT2D eigenvalue weighted by Gasteiger charge is 2.11.